The lowest BCUT2D eigenvalue weighted by Gasteiger charge is -1.82. The second-order valence-electron chi connectivity index (χ2n) is 1.05. The van der Waals surface area contributed by atoms with E-state index in [0.29, 0.717) is 10.4 Å². The molecule has 1 heterocycles. The van der Waals surface area contributed by atoms with Gasteiger partial charge < -0.3 is 4.42 Å². The highest BCUT2D eigenvalue weighted by molar-refractivity contribution is 8.00. The molecule has 44 valence electrons. The van der Waals surface area contributed by atoms with Gasteiger partial charge in [-0.1, -0.05) is 11.8 Å². The Bertz CT molecular complexity index is 142. The number of hydrogen-bond acceptors (Lipinski definition) is 3. The molecule has 0 aliphatic heterocycles. The Labute approximate surface area is 56.2 Å². The van der Waals surface area contributed by atoms with Crippen LogP contribution in [0.1, 0.15) is 0 Å². The normalized spacial score (nSPS) is 9.62. The van der Waals surface area contributed by atoms with Gasteiger partial charge in [-0.15, -0.1) is 11.6 Å². The molecule has 0 saturated carbocycles. The summed E-state index contributed by atoms with van der Waals surface area (Å²) in [6.45, 7) is 0. The molecule has 0 aromatic carbocycles. The molecule has 0 aliphatic rings. The average molecular weight is 150 g/mol. The average Bonchev–Trinajstić information content (AvgIpc) is 2.19. The quantitative estimate of drug-likeness (QED) is 0.475. The number of aromatic nitrogens is 1. The second-order valence-corrected chi connectivity index (χ2v) is 2.56. The van der Waals surface area contributed by atoms with Gasteiger partial charge >= 0.3 is 0 Å². The van der Waals surface area contributed by atoms with Gasteiger partial charge in [-0.25, -0.2) is 4.98 Å². The van der Waals surface area contributed by atoms with Gasteiger partial charge in [0.2, 0.25) is 0 Å². The van der Waals surface area contributed by atoms with E-state index in [2.05, 4.69) is 4.98 Å². The number of thioether (sulfide) groups is 1. The maximum atomic E-state index is 5.36. The molecule has 4 heteroatoms. The van der Waals surface area contributed by atoms with Crippen LogP contribution in [-0.4, -0.2) is 10.2 Å². The van der Waals surface area contributed by atoms with Crippen molar-refractivity contribution in [3.8, 4) is 0 Å². The van der Waals surface area contributed by atoms with Crippen LogP contribution in [0.4, 0.5) is 0 Å². The Balaban J connectivity index is 2.50. The summed E-state index contributed by atoms with van der Waals surface area (Å²) in [5.41, 5.74) is 0. The molecule has 2 nitrogen and oxygen atoms in total. The van der Waals surface area contributed by atoms with Gasteiger partial charge in [0.1, 0.15) is 6.26 Å². The molecular weight excluding hydrogens is 146 g/mol. The smallest absolute Gasteiger partial charge is 0.256 e. The predicted molar refractivity (Wildman–Crippen MR) is 33.1 cm³/mol. The number of rotatable bonds is 2. The van der Waals surface area contributed by atoms with Crippen LogP contribution in [0.5, 0.6) is 0 Å². The van der Waals surface area contributed by atoms with Gasteiger partial charge in [0.25, 0.3) is 5.22 Å². The van der Waals surface area contributed by atoms with Crippen molar-refractivity contribution >= 4 is 23.4 Å². The minimum atomic E-state index is 0.487. The van der Waals surface area contributed by atoms with E-state index >= 15 is 0 Å². The van der Waals surface area contributed by atoms with Crippen LogP contribution < -0.4 is 0 Å². The topological polar surface area (TPSA) is 26.0 Å². The molecule has 0 radical (unpaired) electrons. The van der Waals surface area contributed by atoms with Crippen molar-refractivity contribution in [3.05, 3.63) is 12.5 Å². The lowest BCUT2D eigenvalue weighted by molar-refractivity contribution is 0.454. The highest BCUT2D eigenvalue weighted by Gasteiger charge is 1.92. The number of hydrogen-bond donors (Lipinski definition) is 0. The molecule has 0 N–H and O–H groups in total. The fraction of sp³-hybridized carbons (Fsp3) is 0.250. The monoisotopic (exact) mass is 149 g/mol. The van der Waals surface area contributed by atoms with Crippen LogP contribution in [0.25, 0.3) is 0 Å². The Morgan fingerprint density at radius 1 is 1.88 bits per heavy atom. The lowest BCUT2D eigenvalue weighted by Crippen LogP contribution is -1.65. The fourth-order valence-electron chi connectivity index (χ4n) is 0.328. The first-order valence-electron chi connectivity index (χ1n) is 2.02. The van der Waals surface area contributed by atoms with Gasteiger partial charge in [-0.05, 0) is 0 Å². The molecular formula is C4H4ClNOS. The van der Waals surface area contributed by atoms with E-state index in [4.69, 9.17) is 16.0 Å². The molecule has 0 unspecified atom stereocenters. The third-order valence-corrected chi connectivity index (χ3v) is 1.47. The van der Waals surface area contributed by atoms with Crippen LogP contribution in [0.3, 0.4) is 0 Å². The molecule has 0 bridgehead atoms. The van der Waals surface area contributed by atoms with Gasteiger partial charge in [-0.3, -0.25) is 0 Å². The van der Waals surface area contributed by atoms with Crippen LogP contribution in [-0.2, 0) is 0 Å². The van der Waals surface area contributed by atoms with Crippen LogP contribution in [0, 0.1) is 0 Å². The Morgan fingerprint density at radius 3 is 3.25 bits per heavy atom. The number of alkyl halides is 1. The number of halogens is 1. The van der Waals surface area contributed by atoms with E-state index in [1.54, 1.807) is 6.20 Å². The van der Waals surface area contributed by atoms with E-state index in [1.807, 2.05) is 0 Å². The van der Waals surface area contributed by atoms with E-state index in [-0.39, 0.29) is 0 Å². The van der Waals surface area contributed by atoms with Crippen molar-refractivity contribution in [1.29, 1.82) is 0 Å². The first-order chi connectivity index (χ1) is 3.93. The Kier molecular flexibility index (Phi) is 2.24. The molecule has 0 aliphatic carbocycles. The van der Waals surface area contributed by atoms with E-state index in [0.717, 1.165) is 0 Å². The van der Waals surface area contributed by atoms with Crippen molar-refractivity contribution < 1.29 is 4.42 Å². The molecule has 8 heavy (non-hydrogen) atoms. The van der Waals surface area contributed by atoms with Crippen molar-refractivity contribution in [3.63, 3.8) is 0 Å². The molecule has 0 amide bonds. The van der Waals surface area contributed by atoms with E-state index in [9.17, 15) is 0 Å². The predicted octanol–water partition coefficient (Wildman–Crippen LogP) is 1.96. The zero-order valence-electron chi connectivity index (χ0n) is 4.00. The van der Waals surface area contributed by atoms with Crippen LogP contribution >= 0.6 is 23.4 Å². The minimum absolute atomic E-state index is 0.487. The first kappa shape index (κ1) is 5.98. The molecule has 0 spiro atoms. The molecule has 0 atom stereocenters. The third kappa shape index (κ3) is 1.42. The maximum absolute atomic E-state index is 5.36. The summed E-state index contributed by atoms with van der Waals surface area (Å²) in [5, 5.41) is 1.11. The molecule has 1 aromatic rings. The van der Waals surface area contributed by atoms with Crippen molar-refractivity contribution in [2.75, 3.05) is 5.21 Å². The fourth-order valence-corrected chi connectivity index (χ4v) is 0.961. The molecule has 1 rings (SSSR count). The SMILES string of the molecule is ClCSc1ncco1. The van der Waals surface area contributed by atoms with Gasteiger partial charge in [-0.2, -0.15) is 0 Å². The van der Waals surface area contributed by atoms with E-state index in [1.165, 1.54) is 18.0 Å². The molecule has 0 fully saturated rings. The second kappa shape index (κ2) is 2.99. The van der Waals surface area contributed by atoms with Crippen molar-refractivity contribution in [2.24, 2.45) is 0 Å². The van der Waals surface area contributed by atoms with Crippen LogP contribution in [0.2, 0.25) is 0 Å². The number of oxazole rings is 1. The van der Waals surface area contributed by atoms with Gasteiger partial charge in [0.05, 0.1) is 11.4 Å². The number of nitrogens with zero attached hydrogens (tertiary/aromatic N) is 1. The van der Waals surface area contributed by atoms with E-state index < -0.39 is 0 Å². The summed E-state index contributed by atoms with van der Waals surface area (Å²) in [4.78, 5) is 3.82. The van der Waals surface area contributed by atoms with Crippen LogP contribution in [0.15, 0.2) is 22.1 Å². The summed E-state index contributed by atoms with van der Waals surface area (Å²) < 4.78 is 4.84. The largest absolute Gasteiger partial charge is 0.440 e. The first-order valence-corrected chi connectivity index (χ1v) is 3.54. The summed E-state index contributed by atoms with van der Waals surface area (Å²) in [7, 11) is 0. The van der Waals surface area contributed by atoms with Gasteiger partial charge in [0, 0.05) is 0 Å². The Hall–Kier alpha value is -0.150. The summed E-state index contributed by atoms with van der Waals surface area (Å²) in [6, 6.07) is 0. The highest BCUT2D eigenvalue weighted by atomic mass is 35.5. The zero-order chi connectivity index (χ0) is 5.82. The highest BCUT2D eigenvalue weighted by Crippen LogP contribution is 2.14. The zero-order valence-corrected chi connectivity index (χ0v) is 5.58. The van der Waals surface area contributed by atoms with Gasteiger partial charge in [0.15, 0.2) is 0 Å². The lowest BCUT2D eigenvalue weighted by atomic mass is 11.0. The Morgan fingerprint density at radius 2 is 2.75 bits per heavy atom. The standard InChI is InChI=1S/C4H4ClNOS/c5-3-8-4-6-1-2-7-4/h1-2H,3H2. The summed E-state index contributed by atoms with van der Waals surface area (Å²) >= 11 is 6.73. The summed E-state index contributed by atoms with van der Waals surface area (Å²) in [5.74, 6) is 0. The summed E-state index contributed by atoms with van der Waals surface area (Å²) in [6.07, 6.45) is 3.11. The minimum Gasteiger partial charge on any atom is -0.440 e. The van der Waals surface area contributed by atoms with Crippen molar-refractivity contribution in [1.82, 2.24) is 4.98 Å². The molecule has 1 aromatic heterocycles. The maximum Gasteiger partial charge on any atom is 0.256 e. The third-order valence-electron chi connectivity index (χ3n) is 0.588. The molecule has 0 saturated heterocycles. The van der Waals surface area contributed by atoms with Crippen molar-refractivity contribution in [2.45, 2.75) is 5.22 Å².